The molecule has 0 amide bonds. The topological polar surface area (TPSA) is 78.9 Å². The molecular weight excluding hydrogens is 793 g/mol. The molecule has 0 rings (SSSR count). The molecule has 0 aliphatic heterocycles. The van der Waals surface area contributed by atoms with Gasteiger partial charge in [0.15, 0.2) is 6.10 Å². The summed E-state index contributed by atoms with van der Waals surface area (Å²) in [5, 5.41) is 0. The molecule has 0 aromatic rings. The van der Waals surface area contributed by atoms with E-state index in [1.54, 1.807) is 0 Å². The van der Waals surface area contributed by atoms with E-state index in [4.69, 9.17) is 14.2 Å². The van der Waals surface area contributed by atoms with Gasteiger partial charge in [0.25, 0.3) is 0 Å². The van der Waals surface area contributed by atoms with Crippen molar-refractivity contribution in [1.82, 2.24) is 0 Å². The smallest absolute Gasteiger partial charge is 0.306 e. The normalized spacial score (nSPS) is 12.2. The summed E-state index contributed by atoms with van der Waals surface area (Å²) in [5.74, 6) is -0.882. The van der Waals surface area contributed by atoms with Crippen LogP contribution in [0.4, 0.5) is 0 Å². The summed E-state index contributed by atoms with van der Waals surface area (Å²) in [4.78, 5) is 38.1. The number of carbonyl (C=O) groups is 3. The Labute approximate surface area is 397 Å². The Morgan fingerprint density at radius 3 is 0.953 bits per heavy atom. The molecule has 0 saturated carbocycles. The highest BCUT2D eigenvalue weighted by Gasteiger charge is 2.19. The largest absolute Gasteiger partial charge is 0.462 e. The first kappa shape index (κ1) is 61.6. The van der Waals surface area contributed by atoms with E-state index in [1.165, 1.54) is 167 Å². The lowest BCUT2D eigenvalue weighted by Crippen LogP contribution is -2.30. The van der Waals surface area contributed by atoms with E-state index in [-0.39, 0.29) is 31.1 Å². The first-order valence-electron chi connectivity index (χ1n) is 28.0. The number of hydrogen-bond acceptors (Lipinski definition) is 6. The van der Waals surface area contributed by atoms with Crippen molar-refractivity contribution in [3.8, 4) is 0 Å². The molecule has 0 heterocycles. The number of unbranched alkanes of at least 4 members (excludes halogenated alkanes) is 34. The minimum atomic E-state index is -0.779. The Morgan fingerprint density at radius 2 is 0.609 bits per heavy atom. The predicted octanol–water partition coefficient (Wildman–Crippen LogP) is 18.5. The lowest BCUT2D eigenvalue weighted by molar-refractivity contribution is -0.167. The van der Waals surface area contributed by atoms with Gasteiger partial charge in [-0.15, -0.1) is 0 Å². The Hall–Kier alpha value is -2.37. The molecule has 0 radical (unpaired) electrons. The number of hydrogen-bond donors (Lipinski definition) is 0. The van der Waals surface area contributed by atoms with Gasteiger partial charge in [-0.3, -0.25) is 14.4 Å². The van der Waals surface area contributed by atoms with Gasteiger partial charge in [0.2, 0.25) is 0 Å². The molecule has 0 aliphatic rings. The van der Waals surface area contributed by atoms with Crippen molar-refractivity contribution >= 4 is 17.9 Å². The fraction of sp³-hybridized carbons (Fsp3) is 0.845. The van der Waals surface area contributed by atoms with Crippen molar-refractivity contribution in [3.05, 3.63) is 36.5 Å². The fourth-order valence-corrected chi connectivity index (χ4v) is 8.22. The molecule has 0 bridgehead atoms. The van der Waals surface area contributed by atoms with Gasteiger partial charge in [0.1, 0.15) is 13.2 Å². The van der Waals surface area contributed by atoms with Crippen LogP contribution in [0.3, 0.4) is 0 Å². The van der Waals surface area contributed by atoms with E-state index in [1.807, 2.05) is 0 Å². The van der Waals surface area contributed by atoms with Crippen molar-refractivity contribution in [2.45, 2.75) is 303 Å². The van der Waals surface area contributed by atoms with Gasteiger partial charge in [0, 0.05) is 19.3 Å². The number of esters is 3. The predicted molar refractivity (Wildman–Crippen MR) is 275 cm³/mol. The SMILES string of the molecule is CC/C=C\C/C=C\C/C=C\CCCCCCC(=O)OC(COC(=O)CCCCCCCCCCCCCCC)COC(=O)CCCCCCCCCCCCCCCCCCCCC. The van der Waals surface area contributed by atoms with Crippen molar-refractivity contribution in [2.24, 2.45) is 0 Å². The molecule has 0 saturated heterocycles. The highest BCUT2D eigenvalue weighted by molar-refractivity contribution is 5.71. The van der Waals surface area contributed by atoms with E-state index >= 15 is 0 Å². The van der Waals surface area contributed by atoms with Gasteiger partial charge in [-0.2, -0.15) is 0 Å². The Bertz CT molecular complexity index is 1080. The molecule has 0 spiro atoms. The zero-order valence-corrected chi connectivity index (χ0v) is 42.8. The van der Waals surface area contributed by atoms with Crippen LogP contribution in [-0.2, 0) is 28.6 Å². The maximum Gasteiger partial charge on any atom is 0.306 e. The molecule has 0 fully saturated rings. The Kier molecular flexibility index (Phi) is 51.3. The molecule has 64 heavy (non-hydrogen) atoms. The van der Waals surface area contributed by atoms with Crippen LogP contribution < -0.4 is 0 Å². The third-order valence-corrected chi connectivity index (χ3v) is 12.4. The fourth-order valence-electron chi connectivity index (χ4n) is 8.22. The molecule has 0 aliphatic carbocycles. The van der Waals surface area contributed by atoms with Gasteiger partial charge in [-0.25, -0.2) is 0 Å². The summed E-state index contributed by atoms with van der Waals surface area (Å²) in [5.41, 5.74) is 0. The van der Waals surface area contributed by atoms with Crippen molar-refractivity contribution in [1.29, 1.82) is 0 Å². The molecule has 0 N–H and O–H groups in total. The Balaban J connectivity index is 4.32. The van der Waals surface area contributed by atoms with E-state index in [2.05, 4.69) is 57.2 Å². The molecule has 0 aromatic heterocycles. The van der Waals surface area contributed by atoms with E-state index in [9.17, 15) is 14.4 Å². The van der Waals surface area contributed by atoms with Crippen LogP contribution in [0, 0.1) is 0 Å². The van der Waals surface area contributed by atoms with Gasteiger partial charge >= 0.3 is 17.9 Å². The van der Waals surface area contributed by atoms with Crippen LogP contribution in [0.25, 0.3) is 0 Å². The van der Waals surface area contributed by atoms with E-state index in [0.29, 0.717) is 19.3 Å². The third kappa shape index (κ3) is 50.6. The van der Waals surface area contributed by atoms with Crippen LogP contribution in [-0.4, -0.2) is 37.2 Å². The van der Waals surface area contributed by atoms with Crippen molar-refractivity contribution in [3.63, 3.8) is 0 Å². The molecule has 1 unspecified atom stereocenters. The number of carbonyl (C=O) groups excluding carboxylic acids is 3. The molecule has 6 nitrogen and oxygen atoms in total. The Morgan fingerprint density at radius 1 is 0.328 bits per heavy atom. The number of allylic oxidation sites excluding steroid dienone is 6. The maximum atomic E-state index is 12.8. The van der Waals surface area contributed by atoms with Crippen LogP contribution in [0.2, 0.25) is 0 Å². The maximum absolute atomic E-state index is 12.8. The van der Waals surface area contributed by atoms with E-state index < -0.39 is 6.10 Å². The summed E-state index contributed by atoms with van der Waals surface area (Å²) in [6.07, 6.45) is 62.8. The van der Waals surface area contributed by atoms with Crippen LogP contribution in [0.15, 0.2) is 36.5 Å². The van der Waals surface area contributed by atoms with Gasteiger partial charge in [0.05, 0.1) is 0 Å². The molecule has 6 heteroatoms. The molecule has 374 valence electrons. The van der Waals surface area contributed by atoms with Crippen molar-refractivity contribution < 1.29 is 28.6 Å². The van der Waals surface area contributed by atoms with Crippen LogP contribution in [0.5, 0.6) is 0 Å². The zero-order valence-electron chi connectivity index (χ0n) is 42.8. The second-order valence-corrected chi connectivity index (χ2v) is 18.8. The summed E-state index contributed by atoms with van der Waals surface area (Å²) >= 11 is 0. The van der Waals surface area contributed by atoms with Crippen LogP contribution >= 0.6 is 0 Å². The summed E-state index contributed by atoms with van der Waals surface area (Å²) in [6, 6.07) is 0. The number of rotatable bonds is 51. The average molecular weight is 899 g/mol. The highest BCUT2D eigenvalue weighted by Crippen LogP contribution is 2.17. The lowest BCUT2D eigenvalue weighted by atomic mass is 10.0. The zero-order chi connectivity index (χ0) is 46.5. The summed E-state index contributed by atoms with van der Waals surface area (Å²) < 4.78 is 16.8. The van der Waals surface area contributed by atoms with Gasteiger partial charge in [-0.1, -0.05) is 263 Å². The minimum absolute atomic E-state index is 0.0767. The van der Waals surface area contributed by atoms with Crippen LogP contribution in [0.1, 0.15) is 297 Å². The quantitative estimate of drug-likeness (QED) is 0.0262. The monoisotopic (exact) mass is 899 g/mol. The van der Waals surface area contributed by atoms with Gasteiger partial charge in [-0.05, 0) is 51.4 Å². The second-order valence-electron chi connectivity index (χ2n) is 18.8. The lowest BCUT2D eigenvalue weighted by Gasteiger charge is -2.18. The second kappa shape index (κ2) is 53.2. The number of ether oxygens (including phenoxy) is 3. The molecule has 1 atom stereocenters. The standard InChI is InChI=1S/C58H106O6/c1-4-7-10-13-16-19-22-25-27-28-29-30-31-34-36-39-42-45-48-51-57(60)63-54-55(53-62-56(59)50-47-44-41-38-35-32-24-21-18-15-12-9-6-3)64-58(61)52-49-46-43-40-37-33-26-23-20-17-14-11-8-5-2/h8,11,17,20,26,33,55H,4-7,9-10,12-16,18-19,21-25,27-32,34-54H2,1-3H3/b11-8-,20-17-,33-26-. The summed E-state index contributed by atoms with van der Waals surface area (Å²) in [7, 11) is 0. The summed E-state index contributed by atoms with van der Waals surface area (Å²) in [6.45, 7) is 6.55. The van der Waals surface area contributed by atoms with E-state index in [0.717, 1.165) is 89.9 Å². The highest BCUT2D eigenvalue weighted by atomic mass is 16.6. The first-order chi connectivity index (χ1) is 31.5. The van der Waals surface area contributed by atoms with Gasteiger partial charge < -0.3 is 14.2 Å². The third-order valence-electron chi connectivity index (χ3n) is 12.4. The van der Waals surface area contributed by atoms with Crippen molar-refractivity contribution in [2.75, 3.05) is 13.2 Å². The molecular formula is C58H106O6. The minimum Gasteiger partial charge on any atom is -0.462 e. The average Bonchev–Trinajstić information content (AvgIpc) is 3.29. The molecule has 0 aromatic carbocycles. The first-order valence-corrected chi connectivity index (χ1v) is 28.0.